The van der Waals surface area contributed by atoms with Crippen LogP contribution in [0.1, 0.15) is 361 Å². The minimum atomic E-state index is -0.772. The van der Waals surface area contributed by atoms with Crippen molar-refractivity contribution in [2.45, 2.75) is 367 Å². The third-order valence-corrected chi connectivity index (χ3v) is 15.6. The molecule has 0 bridgehead atoms. The quantitative estimate of drug-likeness (QED) is 0.0261. The van der Waals surface area contributed by atoms with Crippen molar-refractivity contribution in [1.29, 1.82) is 0 Å². The fourth-order valence-corrected chi connectivity index (χ4v) is 10.3. The van der Waals surface area contributed by atoms with E-state index in [1.807, 2.05) is 0 Å². The van der Waals surface area contributed by atoms with Gasteiger partial charge in [-0.2, -0.15) is 0 Å². The van der Waals surface area contributed by atoms with Crippen molar-refractivity contribution in [3.05, 3.63) is 85.1 Å². The largest absolute Gasteiger partial charge is 0.462 e. The monoisotopic (exact) mass is 1140 g/mol. The number of hydrogen-bond acceptors (Lipinski definition) is 6. The van der Waals surface area contributed by atoms with Gasteiger partial charge in [-0.1, -0.05) is 331 Å². The minimum absolute atomic E-state index is 0.0718. The van der Waals surface area contributed by atoms with E-state index in [2.05, 4.69) is 106 Å². The Kier molecular flexibility index (Phi) is 67.2. The first-order valence-corrected chi connectivity index (χ1v) is 35.6. The van der Waals surface area contributed by atoms with Crippen LogP contribution in [0.5, 0.6) is 0 Å². The second kappa shape index (κ2) is 70.1. The van der Waals surface area contributed by atoms with Crippen molar-refractivity contribution in [3.8, 4) is 0 Å². The predicted molar refractivity (Wildman–Crippen MR) is 358 cm³/mol. The molecule has 0 aromatic rings. The van der Waals surface area contributed by atoms with Crippen molar-refractivity contribution in [1.82, 2.24) is 0 Å². The third kappa shape index (κ3) is 67.4. The van der Waals surface area contributed by atoms with Gasteiger partial charge in [0.15, 0.2) is 6.10 Å². The Hall–Kier alpha value is -3.41. The van der Waals surface area contributed by atoms with Crippen LogP contribution in [0.15, 0.2) is 85.1 Å². The molecule has 0 saturated heterocycles. The molecule has 0 aliphatic heterocycles. The molecule has 82 heavy (non-hydrogen) atoms. The highest BCUT2D eigenvalue weighted by molar-refractivity contribution is 5.71. The Bertz CT molecular complexity index is 1550. The Morgan fingerprint density at radius 2 is 0.476 bits per heavy atom. The van der Waals surface area contributed by atoms with Gasteiger partial charge in [0.25, 0.3) is 0 Å². The van der Waals surface area contributed by atoms with Crippen molar-refractivity contribution < 1.29 is 28.6 Å². The number of ether oxygens (including phenoxy) is 3. The van der Waals surface area contributed by atoms with E-state index in [-0.39, 0.29) is 31.1 Å². The average Bonchev–Trinajstić information content (AvgIpc) is 3.47. The predicted octanol–water partition coefficient (Wildman–Crippen LogP) is 24.6. The van der Waals surface area contributed by atoms with Gasteiger partial charge < -0.3 is 14.2 Å². The van der Waals surface area contributed by atoms with Gasteiger partial charge >= 0.3 is 17.9 Å². The molecule has 6 heteroatoms. The normalized spacial score (nSPS) is 12.6. The second-order valence-electron chi connectivity index (χ2n) is 23.8. The van der Waals surface area contributed by atoms with Gasteiger partial charge in [-0.05, 0) is 96.3 Å². The lowest BCUT2D eigenvalue weighted by Gasteiger charge is -2.18. The van der Waals surface area contributed by atoms with Crippen molar-refractivity contribution in [3.63, 3.8) is 0 Å². The van der Waals surface area contributed by atoms with Crippen LogP contribution in [0.2, 0.25) is 0 Å². The highest BCUT2D eigenvalue weighted by Crippen LogP contribution is 2.18. The van der Waals surface area contributed by atoms with Gasteiger partial charge in [-0.25, -0.2) is 0 Å². The van der Waals surface area contributed by atoms with Crippen LogP contribution in [0.3, 0.4) is 0 Å². The average molecular weight is 1140 g/mol. The van der Waals surface area contributed by atoms with Crippen LogP contribution in [-0.2, 0) is 28.6 Å². The second-order valence-corrected chi connectivity index (χ2v) is 23.8. The molecule has 0 aromatic heterocycles. The molecule has 0 amide bonds. The van der Waals surface area contributed by atoms with Gasteiger partial charge in [-0.3, -0.25) is 14.4 Å². The van der Waals surface area contributed by atoms with E-state index in [0.717, 1.165) is 96.3 Å². The van der Waals surface area contributed by atoms with Gasteiger partial charge in [0.2, 0.25) is 0 Å². The maximum Gasteiger partial charge on any atom is 0.306 e. The standard InChI is InChI=1S/C76H134O6/c1-4-7-10-13-16-18-20-22-24-26-28-30-32-33-34-35-36-37-38-39-40-41-42-43-45-46-48-50-52-54-56-58-60-63-66-69-75(78)81-72-73(71-80-74(77)68-65-62-15-12-9-6-3)82-76(79)70-67-64-61-59-57-55-53-51-49-47-44-31-29-27-25-23-21-19-17-14-11-8-5-2/h7,10,16,18,22,24,27-30,33-34,36-37,73H,4-6,8-9,11-15,17,19-21,23,25-26,31-32,35,38-72H2,1-3H3/b10-7-,18-16-,24-22-,29-27-,30-28-,34-33-,37-36-. The molecule has 0 heterocycles. The molecule has 474 valence electrons. The van der Waals surface area contributed by atoms with E-state index in [1.54, 1.807) is 0 Å². The topological polar surface area (TPSA) is 78.9 Å². The first-order chi connectivity index (χ1) is 40.5. The molecule has 0 rings (SSSR count). The maximum atomic E-state index is 12.9. The summed E-state index contributed by atoms with van der Waals surface area (Å²) in [5, 5.41) is 0. The van der Waals surface area contributed by atoms with Gasteiger partial charge in [-0.15, -0.1) is 0 Å². The Morgan fingerprint density at radius 3 is 0.756 bits per heavy atom. The fraction of sp³-hybridized carbons (Fsp3) is 0.776. The molecule has 0 saturated carbocycles. The Labute approximate surface area is 509 Å². The molecule has 0 N–H and O–H groups in total. The molecule has 0 aliphatic rings. The molecule has 1 atom stereocenters. The first kappa shape index (κ1) is 78.6. The summed E-state index contributed by atoms with van der Waals surface area (Å²) in [6.45, 7) is 6.51. The van der Waals surface area contributed by atoms with Crippen molar-refractivity contribution in [2.24, 2.45) is 0 Å². The van der Waals surface area contributed by atoms with Crippen LogP contribution in [0.4, 0.5) is 0 Å². The van der Waals surface area contributed by atoms with Crippen LogP contribution >= 0.6 is 0 Å². The van der Waals surface area contributed by atoms with E-state index in [1.165, 1.54) is 225 Å². The van der Waals surface area contributed by atoms with E-state index in [0.29, 0.717) is 19.3 Å². The Morgan fingerprint density at radius 1 is 0.256 bits per heavy atom. The molecule has 0 aromatic carbocycles. The van der Waals surface area contributed by atoms with Crippen molar-refractivity contribution in [2.75, 3.05) is 13.2 Å². The molecule has 0 radical (unpaired) electrons. The summed E-state index contributed by atoms with van der Waals surface area (Å²) in [4.78, 5) is 38.1. The molecular weight excluding hydrogens is 1010 g/mol. The van der Waals surface area contributed by atoms with E-state index in [4.69, 9.17) is 14.2 Å². The number of esters is 3. The van der Waals surface area contributed by atoms with Gasteiger partial charge in [0.1, 0.15) is 13.2 Å². The smallest absolute Gasteiger partial charge is 0.306 e. The molecule has 0 aliphatic carbocycles. The minimum Gasteiger partial charge on any atom is -0.462 e. The van der Waals surface area contributed by atoms with Gasteiger partial charge in [0.05, 0.1) is 0 Å². The van der Waals surface area contributed by atoms with Gasteiger partial charge in [0, 0.05) is 19.3 Å². The summed E-state index contributed by atoms with van der Waals surface area (Å²) < 4.78 is 16.9. The summed E-state index contributed by atoms with van der Waals surface area (Å²) >= 11 is 0. The zero-order valence-electron chi connectivity index (χ0n) is 54.5. The van der Waals surface area contributed by atoms with Crippen LogP contribution in [-0.4, -0.2) is 37.2 Å². The number of carbonyl (C=O) groups is 3. The highest BCUT2D eigenvalue weighted by Gasteiger charge is 2.19. The molecule has 1 unspecified atom stereocenters. The SMILES string of the molecule is CC/C=C\C/C=C\C/C=C\C/C=C\C/C=C\C/C=C\CCCCCCCCCCCCCCCCCCC(=O)OCC(COC(=O)CCCCCCCC)OC(=O)CCCCCCCCCCCCC/C=C\CCCCCCCCCC. The molecule has 6 nitrogen and oxygen atoms in total. The van der Waals surface area contributed by atoms with Crippen LogP contribution < -0.4 is 0 Å². The van der Waals surface area contributed by atoms with E-state index >= 15 is 0 Å². The number of rotatable bonds is 65. The molecule has 0 fully saturated rings. The Balaban J connectivity index is 3.98. The van der Waals surface area contributed by atoms with E-state index < -0.39 is 6.10 Å². The lowest BCUT2D eigenvalue weighted by molar-refractivity contribution is -0.167. The number of carbonyl (C=O) groups excluding carboxylic acids is 3. The zero-order chi connectivity index (χ0) is 59.2. The summed E-state index contributed by atoms with van der Waals surface area (Å²) in [5.74, 6) is -0.864. The summed E-state index contributed by atoms with van der Waals surface area (Å²) in [7, 11) is 0. The summed E-state index contributed by atoms with van der Waals surface area (Å²) in [5.41, 5.74) is 0. The highest BCUT2D eigenvalue weighted by atomic mass is 16.6. The van der Waals surface area contributed by atoms with E-state index in [9.17, 15) is 14.4 Å². The number of hydrogen-bond donors (Lipinski definition) is 0. The first-order valence-electron chi connectivity index (χ1n) is 35.6. The number of unbranched alkanes of at least 4 members (excludes halogenated alkanes) is 40. The summed E-state index contributed by atoms with van der Waals surface area (Å²) in [6.07, 6.45) is 93.7. The number of allylic oxidation sites excluding steroid dienone is 14. The third-order valence-electron chi connectivity index (χ3n) is 15.6. The lowest BCUT2D eigenvalue weighted by atomic mass is 10.0. The van der Waals surface area contributed by atoms with Crippen LogP contribution in [0, 0.1) is 0 Å². The zero-order valence-corrected chi connectivity index (χ0v) is 54.5. The molecular formula is C76H134O6. The maximum absolute atomic E-state index is 12.9. The van der Waals surface area contributed by atoms with Crippen LogP contribution in [0.25, 0.3) is 0 Å². The lowest BCUT2D eigenvalue weighted by Crippen LogP contribution is -2.30. The fourth-order valence-electron chi connectivity index (χ4n) is 10.3. The van der Waals surface area contributed by atoms with Crippen molar-refractivity contribution >= 4 is 17.9 Å². The summed E-state index contributed by atoms with van der Waals surface area (Å²) in [6, 6.07) is 0. The molecule has 0 spiro atoms.